The molecule has 0 saturated carbocycles. The number of benzene rings is 2. The van der Waals surface area contributed by atoms with Gasteiger partial charge in [0.25, 0.3) is 0 Å². The second-order valence-corrected chi connectivity index (χ2v) is 7.24. The highest BCUT2D eigenvalue weighted by atomic mass is 79.9. The first-order valence-electron chi connectivity index (χ1n) is 7.99. The van der Waals surface area contributed by atoms with Crippen molar-refractivity contribution in [3.05, 3.63) is 70.2 Å². The molecule has 1 aliphatic heterocycles. The third kappa shape index (κ3) is 3.27. The smallest absolute Gasteiger partial charge is 0.406 e. The van der Waals surface area contributed by atoms with E-state index in [0.29, 0.717) is 0 Å². The average molecular weight is 410 g/mol. The van der Waals surface area contributed by atoms with Gasteiger partial charge >= 0.3 is 6.36 Å². The second-order valence-electron chi connectivity index (χ2n) is 6.32. The van der Waals surface area contributed by atoms with Gasteiger partial charge in [-0.25, -0.2) is 0 Å². The largest absolute Gasteiger partial charge is 0.573 e. The van der Waals surface area contributed by atoms with E-state index in [1.807, 2.05) is 12.1 Å². The van der Waals surface area contributed by atoms with Crippen LogP contribution in [0.4, 0.5) is 18.9 Å². The van der Waals surface area contributed by atoms with Crippen LogP contribution in [-0.2, 0) is 0 Å². The first-order chi connectivity index (χ1) is 11.9. The normalized spacial score (nSPS) is 24.4. The SMILES string of the molecule is FC(F)(F)Oc1ccc2c(c1)[C@H]1C=CC[C@@H]1[C@H](c1ccc(Br)cc1)N2. The van der Waals surface area contributed by atoms with Crippen LogP contribution < -0.4 is 10.1 Å². The Morgan fingerprint density at radius 2 is 1.84 bits per heavy atom. The summed E-state index contributed by atoms with van der Waals surface area (Å²) in [5.74, 6) is 0.186. The number of alkyl halides is 3. The van der Waals surface area contributed by atoms with Crippen LogP contribution in [0.25, 0.3) is 0 Å². The summed E-state index contributed by atoms with van der Waals surface area (Å²) >= 11 is 3.44. The summed E-state index contributed by atoms with van der Waals surface area (Å²) in [7, 11) is 0. The Bertz CT molecular complexity index is 816. The van der Waals surface area contributed by atoms with Gasteiger partial charge < -0.3 is 10.1 Å². The number of anilines is 1. The first kappa shape index (κ1) is 16.5. The van der Waals surface area contributed by atoms with Gasteiger partial charge in [0.05, 0.1) is 6.04 Å². The van der Waals surface area contributed by atoms with Gasteiger partial charge in [-0.05, 0) is 53.8 Å². The highest BCUT2D eigenvalue weighted by Crippen LogP contribution is 2.50. The van der Waals surface area contributed by atoms with Crippen molar-refractivity contribution in [1.29, 1.82) is 0 Å². The number of hydrogen-bond donors (Lipinski definition) is 1. The van der Waals surface area contributed by atoms with E-state index < -0.39 is 6.36 Å². The summed E-state index contributed by atoms with van der Waals surface area (Å²) in [6.45, 7) is 0. The highest BCUT2D eigenvalue weighted by Gasteiger charge is 2.38. The lowest BCUT2D eigenvalue weighted by molar-refractivity contribution is -0.274. The maximum atomic E-state index is 12.5. The van der Waals surface area contributed by atoms with Crippen LogP contribution >= 0.6 is 15.9 Å². The van der Waals surface area contributed by atoms with Crippen LogP contribution in [0.15, 0.2) is 59.1 Å². The molecule has 130 valence electrons. The minimum atomic E-state index is -4.68. The zero-order chi connectivity index (χ0) is 17.6. The highest BCUT2D eigenvalue weighted by molar-refractivity contribution is 9.10. The van der Waals surface area contributed by atoms with Crippen molar-refractivity contribution in [3.8, 4) is 5.75 Å². The van der Waals surface area contributed by atoms with Gasteiger partial charge in [0.1, 0.15) is 5.75 Å². The maximum absolute atomic E-state index is 12.5. The van der Waals surface area contributed by atoms with E-state index in [2.05, 4.69) is 50.3 Å². The Hall–Kier alpha value is -1.95. The lowest BCUT2D eigenvalue weighted by Gasteiger charge is -2.37. The molecule has 0 amide bonds. The van der Waals surface area contributed by atoms with Gasteiger partial charge in [0, 0.05) is 16.1 Å². The molecule has 2 aliphatic rings. The van der Waals surface area contributed by atoms with Crippen LogP contribution in [0.5, 0.6) is 5.75 Å². The van der Waals surface area contributed by atoms with Gasteiger partial charge in [-0.15, -0.1) is 13.2 Å². The predicted octanol–water partition coefficient (Wildman–Crippen LogP) is 6.17. The van der Waals surface area contributed by atoms with Crippen molar-refractivity contribution in [2.75, 3.05) is 5.32 Å². The Morgan fingerprint density at radius 1 is 1.08 bits per heavy atom. The quantitative estimate of drug-likeness (QED) is 0.598. The summed E-state index contributed by atoms with van der Waals surface area (Å²) in [6, 6.07) is 12.8. The summed E-state index contributed by atoms with van der Waals surface area (Å²) in [5, 5.41) is 3.50. The number of allylic oxidation sites excluding steroid dienone is 2. The van der Waals surface area contributed by atoms with Crippen LogP contribution in [-0.4, -0.2) is 6.36 Å². The van der Waals surface area contributed by atoms with Crippen molar-refractivity contribution in [3.63, 3.8) is 0 Å². The minimum Gasteiger partial charge on any atom is -0.406 e. The summed E-state index contributed by atoms with van der Waals surface area (Å²) < 4.78 is 42.6. The lowest BCUT2D eigenvalue weighted by Crippen LogP contribution is -2.29. The number of halogens is 4. The molecule has 0 radical (unpaired) electrons. The molecule has 1 aliphatic carbocycles. The number of rotatable bonds is 2. The molecule has 25 heavy (non-hydrogen) atoms. The maximum Gasteiger partial charge on any atom is 0.573 e. The topological polar surface area (TPSA) is 21.3 Å². The molecule has 0 bridgehead atoms. The monoisotopic (exact) mass is 409 g/mol. The molecule has 0 saturated heterocycles. The molecule has 3 atom stereocenters. The number of hydrogen-bond acceptors (Lipinski definition) is 2. The molecule has 0 aromatic heterocycles. The van der Waals surface area contributed by atoms with Gasteiger partial charge in [-0.2, -0.15) is 0 Å². The van der Waals surface area contributed by atoms with E-state index in [4.69, 9.17) is 0 Å². The minimum absolute atomic E-state index is 0.0849. The number of nitrogens with one attached hydrogen (secondary N) is 1. The Labute approximate surface area is 151 Å². The van der Waals surface area contributed by atoms with Crippen LogP contribution in [0, 0.1) is 5.92 Å². The molecule has 1 heterocycles. The van der Waals surface area contributed by atoms with Crippen LogP contribution in [0.2, 0.25) is 0 Å². The Morgan fingerprint density at radius 3 is 2.56 bits per heavy atom. The molecule has 2 nitrogen and oxygen atoms in total. The van der Waals surface area contributed by atoms with E-state index in [9.17, 15) is 13.2 Å². The van der Waals surface area contributed by atoms with E-state index in [1.54, 1.807) is 6.07 Å². The molecule has 2 aromatic carbocycles. The van der Waals surface area contributed by atoms with Crippen molar-refractivity contribution >= 4 is 21.6 Å². The van der Waals surface area contributed by atoms with E-state index in [0.717, 1.165) is 22.1 Å². The van der Waals surface area contributed by atoms with Gasteiger partial charge in [-0.1, -0.05) is 40.2 Å². The van der Waals surface area contributed by atoms with Gasteiger partial charge in [-0.3, -0.25) is 0 Å². The van der Waals surface area contributed by atoms with Gasteiger partial charge in [0.2, 0.25) is 0 Å². The fourth-order valence-electron chi connectivity index (χ4n) is 3.77. The van der Waals surface area contributed by atoms with E-state index in [-0.39, 0.29) is 23.6 Å². The average Bonchev–Trinajstić information content (AvgIpc) is 3.03. The fourth-order valence-corrected chi connectivity index (χ4v) is 4.03. The second kappa shape index (κ2) is 6.09. The van der Waals surface area contributed by atoms with Gasteiger partial charge in [0.15, 0.2) is 0 Å². The standard InChI is InChI=1S/C19H15BrF3NO/c20-12-6-4-11(5-7-12)18-15-3-1-2-14(15)16-10-13(25-19(21,22)23)8-9-17(16)24-18/h1-2,4-10,14-15,18,24H,3H2/t14-,15-,18-/m0/s1. The number of ether oxygens (including phenoxy) is 1. The molecule has 0 spiro atoms. The molecular formula is C19H15BrF3NO. The predicted molar refractivity (Wildman–Crippen MR) is 93.6 cm³/mol. The fraction of sp³-hybridized carbons (Fsp3) is 0.263. The Balaban J connectivity index is 1.70. The zero-order valence-electron chi connectivity index (χ0n) is 13.1. The third-order valence-electron chi connectivity index (χ3n) is 4.80. The third-order valence-corrected chi connectivity index (χ3v) is 5.33. The molecule has 4 rings (SSSR count). The summed E-state index contributed by atoms with van der Waals surface area (Å²) in [5.41, 5.74) is 2.88. The molecule has 0 unspecified atom stereocenters. The first-order valence-corrected chi connectivity index (χ1v) is 8.78. The van der Waals surface area contributed by atoms with Crippen molar-refractivity contribution in [1.82, 2.24) is 0 Å². The summed E-state index contributed by atoms with van der Waals surface area (Å²) in [4.78, 5) is 0. The number of fused-ring (bicyclic) bond motifs is 3. The molecular weight excluding hydrogens is 395 g/mol. The van der Waals surface area contributed by atoms with Crippen molar-refractivity contribution in [2.24, 2.45) is 5.92 Å². The van der Waals surface area contributed by atoms with Crippen LogP contribution in [0.3, 0.4) is 0 Å². The van der Waals surface area contributed by atoms with E-state index >= 15 is 0 Å². The lowest BCUT2D eigenvalue weighted by atomic mass is 9.77. The summed E-state index contributed by atoms with van der Waals surface area (Å²) in [6.07, 6.45) is 0.409. The Kier molecular flexibility index (Phi) is 4.02. The molecule has 0 fully saturated rings. The van der Waals surface area contributed by atoms with Crippen molar-refractivity contribution in [2.45, 2.75) is 24.7 Å². The van der Waals surface area contributed by atoms with E-state index in [1.165, 1.54) is 17.7 Å². The van der Waals surface area contributed by atoms with Crippen molar-refractivity contribution < 1.29 is 17.9 Å². The van der Waals surface area contributed by atoms with Crippen LogP contribution in [0.1, 0.15) is 29.5 Å². The molecule has 6 heteroatoms. The molecule has 1 N–H and O–H groups in total. The zero-order valence-corrected chi connectivity index (χ0v) is 14.6. The molecule has 2 aromatic rings.